The van der Waals surface area contributed by atoms with Crippen molar-refractivity contribution in [2.45, 2.75) is 57.2 Å². The molecule has 3 aromatic carbocycles. The number of halogens is 3. The molecule has 11 heteroatoms. The summed E-state index contributed by atoms with van der Waals surface area (Å²) < 4.78 is 41.6. The number of sulfonamides is 1. The van der Waals surface area contributed by atoms with Crippen molar-refractivity contribution in [1.29, 1.82) is 0 Å². The normalized spacial score (nSPS) is 14.7. The zero-order chi connectivity index (χ0) is 30.3. The second-order valence-corrected chi connectivity index (χ2v) is 13.2. The zero-order valence-electron chi connectivity index (χ0n) is 23.3. The van der Waals surface area contributed by atoms with Gasteiger partial charge < -0.3 is 10.2 Å². The Bertz CT molecular complexity index is 1500. The third kappa shape index (κ3) is 8.24. The minimum atomic E-state index is -4.03. The van der Waals surface area contributed by atoms with Gasteiger partial charge in [0.1, 0.15) is 18.4 Å². The molecule has 4 rings (SSSR count). The van der Waals surface area contributed by atoms with Crippen molar-refractivity contribution < 1.29 is 22.4 Å². The van der Waals surface area contributed by atoms with Crippen LogP contribution in [-0.2, 0) is 32.6 Å². The van der Waals surface area contributed by atoms with Crippen molar-refractivity contribution >= 4 is 50.7 Å². The van der Waals surface area contributed by atoms with Gasteiger partial charge in [-0.15, -0.1) is 0 Å². The Morgan fingerprint density at radius 1 is 0.952 bits per heavy atom. The van der Waals surface area contributed by atoms with Crippen LogP contribution < -0.4 is 9.62 Å². The highest BCUT2D eigenvalue weighted by Gasteiger charge is 2.35. The number of carbonyl (C=O) groups excluding carboxylic acids is 2. The largest absolute Gasteiger partial charge is 0.352 e. The lowest BCUT2D eigenvalue weighted by Gasteiger charge is -2.35. The van der Waals surface area contributed by atoms with Gasteiger partial charge in [0.25, 0.3) is 0 Å². The molecule has 1 fully saturated rings. The van der Waals surface area contributed by atoms with E-state index in [1.54, 1.807) is 6.07 Å². The molecule has 0 spiro atoms. The molecule has 0 radical (unpaired) electrons. The average Bonchev–Trinajstić information content (AvgIpc) is 2.96. The van der Waals surface area contributed by atoms with Crippen LogP contribution in [0.5, 0.6) is 0 Å². The van der Waals surface area contributed by atoms with Gasteiger partial charge in [-0.3, -0.25) is 13.9 Å². The molecule has 1 atom stereocenters. The molecule has 0 bridgehead atoms. The maximum atomic E-state index is 14.9. The minimum absolute atomic E-state index is 0.0251. The van der Waals surface area contributed by atoms with E-state index in [1.165, 1.54) is 41.3 Å². The number of amides is 2. The van der Waals surface area contributed by atoms with E-state index < -0.39 is 34.3 Å². The highest BCUT2D eigenvalue weighted by molar-refractivity contribution is 7.92. The van der Waals surface area contributed by atoms with Gasteiger partial charge in [-0.25, -0.2) is 12.8 Å². The topological polar surface area (TPSA) is 86.8 Å². The fraction of sp³-hybridized carbons (Fsp3) is 0.355. The van der Waals surface area contributed by atoms with Gasteiger partial charge in [-0.05, 0) is 36.6 Å². The van der Waals surface area contributed by atoms with Crippen LogP contribution in [0.2, 0.25) is 10.0 Å². The molecular formula is C31H34Cl2FN3O4S. The van der Waals surface area contributed by atoms with Crippen LogP contribution in [-0.4, -0.2) is 50.0 Å². The summed E-state index contributed by atoms with van der Waals surface area (Å²) in [5.74, 6) is -1.61. The number of hydrogen-bond acceptors (Lipinski definition) is 4. The van der Waals surface area contributed by atoms with E-state index >= 15 is 0 Å². The molecule has 0 unspecified atom stereocenters. The second kappa shape index (κ2) is 14.4. The van der Waals surface area contributed by atoms with Crippen LogP contribution in [0.25, 0.3) is 0 Å². The van der Waals surface area contributed by atoms with Gasteiger partial charge in [0.15, 0.2) is 0 Å². The Morgan fingerprint density at radius 2 is 1.62 bits per heavy atom. The molecule has 2 amide bonds. The fourth-order valence-corrected chi connectivity index (χ4v) is 6.49. The Balaban J connectivity index is 1.75. The first-order valence-corrected chi connectivity index (χ1v) is 16.4. The quantitative estimate of drug-likeness (QED) is 0.281. The lowest BCUT2D eigenvalue weighted by molar-refractivity contribution is -0.140. The maximum Gasteiger partial charge on any atom is 0.244 e. The molecule has 7 nitrogen and oxygen atoms in total. The SMILES string of the molecule is CS(=O)(=O)N(CC(=O)N(Cc1ccccc1F)[C@H](Cc1ccccc1)C(=O)NC1CCCCC1)c1cccc(Cl)c1Cl. The van der Waals surface area contributed by atoms with Crippen molar-refractivity contribution in [3.8, 4) is 0 Å². The summed E-state index contributed by atoms with van der Waals surface area (Å²) in [4.78, 5) is 29.3. The number of nitrogens with zero attached hydrogens (tertiary/aromatic N) is 2. The number of hydrogen-bond donors (Lipinski definition) is 1. The van der Waals surface area contributed by atoms with Gasteiger partial charge in [0.2, 0.25) is 21.8 Å². The number of rotatable bonds is 11. The van der Waals surface area contributed by atoms with Gasteiger partial charge >= 0.3 is 0 Å². The first-order chi connectivity index (χ1) is 20.0. The van der Waals surface area contributed by atoms with Crippen molar-refractivity contribution in [3.05, 3.63) is 99.8 Å². The summed E-state index contributed by atoms with van der Waals surface area (Å²) in [7, 11) is -4.03. The van der Waals surface area contributed by atoms with Crippen LogP contribution >= 0.6 is 23.2 Å². The highest BCUT2D eigenvalue weighted by Crippen LogP contribution is 2.34. The predicted molar refractivity (Wildman–Crippen MR) is 165 cm³/mol. The van der Waals surface area contributed by atoms with Crippen molar-refractivity contribution in [2.24, 2.45) is 0 Å². The third-order valence-electron chi connectivity index (χ3n) is 7.40. The van der Waals surface area contributed by atoms with Crippen LogP contribution in [0.15, 0.2) is 72.8 Å². The molecule has 42 heavy (non-hydrogen) atoms. The lowest BCUT2D eigenvalue weighted by atomic mass is 9.94. The molecule has 0 aliphatic heterocycles. The summed E-state index contributed by atoms with van der Waals surface area (Å²) >= 11 is 12.5. The Hall–Kier alpha value is -3.14. The van der Waals surface area contributed by atoms with Crippen molar-refractivity contribution in [1.82, 2.24) is 10.2 Å². The molecule has 1 aliphatic rings. The molecule has 1 N–H and O–H groups in total. The number of carbonyl (C=O) groups is 2. The van der Waals surface area contributed by atoms with E-state index in [1.807, 2.05) is 30.3 Å². The smallest absolute Gasteiger partial charge is 0.244 e. The minimum Gasteiger partial charge on any atom is -0.352 e. The molecule has 1 aliphatic carbocycles. The molecule has 0 heterocycles. The van der Waals surface area contributed by atoms with Gasteiger partial charge in [-0.2, -0.15) is 0 Å². The van der Waals surface area contributed by atoms with E-state index in [2.05, 4.69) is 5.32 Å². The first-order valence-electron chi connectivity index (χ1n) is 13.8. The van der Waals surface area contributed by atoms with Crippen molar-refractivity contribution in [3.63, 3.8) is 0 Å². The first kappa shape index (κ1) is 31.8. The van der Waals surface area contributed by atoms with E-state index in [-0.39, 0.29) is 46.2 Å². The number of nitrogens with one attached hydrogen (secondary N) is 1. The zero-order valence-corrected chi connectivity index (χ0v) is 25.6. The molecule has 1 saturated carbocycles. The van der Waals surface area contributed by atoms with Gasteiger partial charge in [0, 0.05) is 24.6 Å². The monoisotopic (exact) mass is 633 g/mol. The predicted octanol–water partition coefficient (Wildman–Crippen LogP) is 5.99. The summed E-state index contributed by atoms with van der Waals surface area (Å²) in [6, 6.07) is 18.6. The van der Waals surface area contributed by atoms with Gasteiger partial charge in [0.05, 0.1) is 22.0 Å². The van der Waals surface area contributed by atoms with E-state index in [4.69, 9.17) is 23.2 Å². The summed E-state index contributed by atoms with van der Waals surface area (Å²) in [5, 5.41) is 3.19. The van der Waals surface area contributed by atoms with Crippen LogP contribution in [0, 0.1) is 5.82 Å². The standard InChI is InChI=1S/C31H34Cl2FN3O4S/c1-42(40,41)37(27-18-10-16-25(32)30(27)33)21-29(38)36(20-23-13-8-9-17-26(23)34)28(19-22-11-4-2-5-12-22)31(39)35-24-14-6-3-7-15-24/h2,4-5,8-13,16-18,24,28H,3,6-7,14-15,19-21H2,1H3,(H,35,39)/t28-/m1/s1. The average molecular weight is 635 g/mol. The molecular weight excluding hydrogens is 600 g/mol. The fourth-order valence-electron chi connectivity index (χ4n) is 5.19. The number of benzene rings is 3. The number of anilines is 1. The summed E-state index contributed by atoms with van der Waals surface area (Å²) in [6.07, 6.45) is 5.86. The Labute approximate surface area is 256 Å². The van der Waals surface area contributed by atoms with Crippen LogP contribution in [0.4, 0.5) is 10.1 Å². The third-order valence-corrected chi connectivity index (χ3v) is 9.34. The van der Waals surface area contributed by atoms with Crippen molar-refractivity contribution in [2.75, 3.05) is 17.1 Å². The lowest BCUT2D eigenvalue weighted by Crippen LogP contribution is -2.55. The van der Waals surface area contributed by atoms with Crippen LogP contribution in [0.3, 0.4) is 0 Å². The van der Waals surface area contributed by atoms with Gasteiger partial charge in [-0.1, -0.05) is 97.1 Å². The Morgan fingerprint density at radius 3 is 2.29 bits per heavy atom. The molecule has 0 saturated heterocycles. The summed E-state index contributed by atoms with van der Waals surface area (Å²) in [6.45, 7) is -0.919. The highest BCUT2D eigenvalue weighted by atomic mass is 35.5. The van der Waals surface area contributed by atoms with E-state index in [0.29, 0.717) is 0 Å². The molecule has 224 valence electrons. The molecule has 3 aromatic rings. The second-order valence-electron chi connectivity index (χ2n) is 10.5. The van der Waals surface area contributed by atoms with E-state index in [9.17, 15) is 22.4 Å². The summed E-state index contributed by atoms with van der Waals surface area (Å²) in [5.41, 5.74) is 1.02. The Kier molecular flexibility index (Phi) is 10.9. The molecule has 0 aromatic heterocycles. The van der Waals surface area contributed by atoms with E-state index in [0.717, 1.165) is 48.2 Å². The maximum absolute atomic E-state index is 14.9. The van der Waals surface area contributed by atoms with Crippen LogP contribution in [0.1, 0.15) is 43.2 Å².